The van der Waals surface area contributed by atoms with E-state index in [1.165, 1.54) is 24.2 Å². The fourth-order valence-corrected chi connectivity index (χ4v) is 4.76. The van der Waals surface area contributed by atoms with Gasteiger partial charge in [-0.2, -0.15) is 0 Å². The van der Waals surface area contributed by atoms with Crippen LogP contribution >= 0.6 is 11.8 Å². The summed E-state index contributed by atoms with van der Waals surface area (Å²) in [5.41, 5.74) is 1.39. The second kappa shape index (κ2) is 5.76. The minimum Gasteiger partial charge on any atom is -0.363 e. The quantitative estimate of drug-likeness (QED) is 0.934. The molecule has 0 spiro atoms. The first-order chi connectivity index (χ1) is 11.6. The van der Waals surface area contributed by atoms with Crippen molar-refractivity contribution in [3.63, 3.8) is 0 Å². The van der Waals surface area contributed by atoms with Crippen LogP contribution in [0.25, 0.3) is 0 Å². The van der Waals surface area contributed by atoms with Gasteiger partial charge < -0.3 is 5.11 Å². The van der Waals surface area contributed by atoms with Crippen molar-refractivity contribution >= 4 is 28.4 Å². The van der Waals surface area contributed by atoms with Crippen LogP contribution in [0.5, 0.6) is 0 Å². The van der Waals surface area contributed by atoms with E-state index in [4.69, 9.17) is 0 Å². The Balaban J connectivity index is 1.63. The Bertz CT molecular complexity index is 821. The number of benzene rings is 2. The van der Waals surface area contributed by atoms with Crippen molar-refractivity contribution < 1.29 is 9.90 Å². The van der Waals surface area contributed by atoms with Gasteiger partial charge in [-0.05, 0) is 24.5 Å². The summed E-state index contributed by atoms with van der Waals surface area (Å²) in [4.78, 5) is 18.4. The average molecular weight is 338 g/mol. The van der Waals surface area contributed by atoms with E-state index in [-0.39, 0.29) is 5.91 Å². The number of nitrogens with zero attached hydrogens (tertiary/aromatic N) is 2. The first-order valence-electron chi connectivity index (χ1n) is 8.00. The van der Waals surface area contributed by atoms with Crippen LogP contribution in [0.15, 0.2) is 59.6 Å². The average Bonchev–Trinajstić information content (AvgIpc) is 3.03. The van der Waals surface area contributed by atoms with Crippen LogP contribution < -0.4 is 4.90 Å². The molecule has 24 heavy (non-hydrogen) atoms. The summed E-state index contributed by atoms with van der Waals surface area (Å²) in [5, 5.41) is 11.7. The first-order valence-corrected chi connectivity index (χ1v) is 8.88. The van der Waals surface area contributed by atoms with Gasteiger partial charge in [-0.1, -0.05) is 60.3 Å². The fourth-order valence-electron chi connectivity index (χ4n) is 3.38. The summed E-state index contributed by atoms with van der Waals surface area (Å²) in [5.74, 6) is -0.0737. The molecule has 0 aliphatic carbocycles. The van der Waals surface area contributed by atoms with E-state index in [0.29, 0.717) is 5.56 Å². The molecule has 4 nitrogen and oxygen atoms in total. The van der Waals surface area contributed by atoms with Crippen molar-refractivity contribution in [3.8, 4) is 0 Å². The van der Waals surface area contributed by atoms with Gasteiger partial charge in [0.05, 0.1) is 10.7 Å². The number of aliphatic imine (C=N–C) groups is 1. The molecule has 122 valence electrons. The molecule has 4 rings (SSSR count). The minimum atomic E-state index is -1.33. The number of para-hydroxylation sites is 1. The number of fused-ring (bicyclic) bond motifs is 3. The van der Waals surface area contributed by atoms with E-state index in [1.54, 1.807) is 4.90 Å². The number of carbonyl (C=O) groups is 1. The lowest BCUT2D eigenvalue weighted by molar-refractivity contribution is -0.117. The zero-order chi connectivity index (χ0) is 16.7. The number of aryl methyl sites for hydroxylation is 1. The van der Waals surface area contributed by atoms with E-state index in [0.717, 1.165) is 23.6 Å². The molecule has 0 radical (unpaired) electrons. The van der Waals surface area contributed by atoms with Gasteiger partial charge in [0, 0.05) is 12.5 Å². The standard InChI is InChI=1S/C19H18N2O2S/c1-13(22)21-16-10-6-5-9-15(16)19(23)18(21)24-17(20-19)12-11-14-7-3-2-4-8-14/h2-10,18,23H,11-12H2,1H3/t18-,19+/m0/s1. The normalized spacial score (nSPS) is 24.5. The Morgan fingerprint density at radius 2 is 1.88 bits per heavy atom. The molecule has 2 atom stereocenters. The predicted molar refractivity (Wildman–Crippen MR) is 97.1 cm³/mol. The number of aliphatic hydroxyl groups is 1. The van der Waals surface area contributed by atoms with Gasteiger partial charge >= 0.3 is 0 Å². The zero-order valence-electron chi connectivity index (χ0n) is 13.3. The monoisotopic (exact) mass is 338 g/mol. The smallest absolute Gasteiger partial charge is 0.225 e. The molecule has 2 aliphatic heterocycles. The summed E-state index contributed by atoms with van der Waals surface area (Å²) in [7, 11) is 0. The Morgan fingerprint density at radius 1 is 1.17 bits per heavy atom. The molecule has 0 bridgehead atoms. The highest BCUT2D eigenvalue weighted by molar-refractivity contribution is 8.14. The third-order valence-corrected chi connectivity index (χ3v) is 5.82. The number of rotatable bonds is 3. The van der Waals surface area contributed by atoms with Crippen molar-refractivity contribution in [3.05, 3.63) is 65.7 Å². The summed E-state index contributed by atoms with van der Waals surface area (Å²) in [6.45, 7) is 1.53. The van der Waals surface area contributed by atoms with Gasteiger partial charge in [0.25, 0.3) is 0 Å². The third kappa shape index (κ3) is 2.36. The highest BCUT2D eigenvalue weighted by atomic mass is 32.2. The fraction of sp³-hybridized carbons (Fsp3) is 0.263. The van der Waals surface area contributed by atoms with Crippen molar-refractivity contribution in [1.82, 2.24) is 0 Å². The van der Waals surface area contributed by atoms with Gasteiger partial charge in [0.2, 0.25) is 11.6 Å². The Morgan fingerprint density at radius 3 is 2.62 bits per heavy atom. The predicted octanol–water partition coefficient (Wildman–Crippen LogP) is 3.30. The van der Waals surface area contributed by atoms with Crippen LogP contribution in [0.1, 0.15) is 24.5 Å². The van der Waals surface area contributed by atoms with Gasteiger partial charge in [-0.15, -0.1) is 0 Å². The van der Waals surface area contributed by atoms with E-state index < -0.39 is 11.1 Å². The van der Waals surface area contributed by atoms with Crippen LogP contribution in [0.3, 0.4) is 0 Å². The van der Waals surface area contributed by atoms with Crippen LogP contribution in [-0.4, -0.2) is 21.4 Å². The highest BCUT2D eigenvalue weighted by Crippen LogP contribution is 2.53. The van der Waals surface area contributed by atoms with Gasteiger partial charge in [-0.3, -0.25) is 9.69 Å². The van der Waals surface area contributed by atoms with Gasteiger partial charge in [0.15, 0.2) is 0 Å². The molecule has 2 aromatic carbocycles. The highest BCUT2D eigenvalue weighted by Gasteiger charge is 2.55. The third-order valence-electron chi connectivity index (χ3n) is 4.49. The van der Waals surface area contributed by atoms with Crippen LogP contribution in [0.4, 0.5) is 5.69 Å². The van der Waals surface area contributed by atoms with Crippen LogP contribution in [0.2, 0.25) is 0 Å². The lowest BCUT2D eigenvalue weighted by atomic mass is 10.1. The molecule has 1 N–H and O–H groups in total. The van der Waals surface area contributed by atoms with E-state index in [2.05, 4.69) is 17.1 Å². The Hall–Kier alpha value is -2.11. The number of anilines is 1. The summed E-state index contributed by atoms with van der Waals surface area (Å²) in [6, 6.07) is 17.7. The van der Waals surface area contributed by atoms with Crippen molar-refractivity contribution in [2.75, 3.05) is 4.90 Å². The lowest BCUT2D eigenvalue weighted by Gasteiger charge is -2.25. The number of thioether (sulfide) groups is 1. The molecule has 0 unspecified atom stereocenters. The molecular formula is C19H18N2O2S. The number of hydrogen-bond acceptors (Lipinski definition) is 4. The number of hydrogen-bond donors (Lipinski definition) is 1. The Labute approximate surface area is 145 Å². The summed E-state index contributed by atoms with van der Waals surface area (Å²) < 4.78 is 0. The van der Waals surface area contributed by atoms with Gasteiger partial charge in [-0.25, -0.2) is 4.99 Å². The van der Waals surface area contributed by atoms with Gasteiger partial charge in [0.1, 0.15) is 5.37 Å². The minimum absolute atomic E-state index is 0.0737. The number of amides is 1. The maximum absolute atomic E-state index is 12.1. The van der Waals surface area contributed by atoms with E-state index in [1.807, 2.05) is 42.5 Å². The molecule has 2 aliphatic rings. The maximum atomic E-state index is 12.1. The SMILES string of the molecule is CC(=O)N1c2ccccc2[C@]2(O)N=C(CCc3ccccc3)S[C@H]12. The molecule has 0 saturated carbocycles. The van der Waals surface area contributed by atoms with Crippen molar-refractivity contribution in [2.24, 2.45) is 4.99 Å². The molecule has 2 aromatic rings. The molecular weight excluding hydrogens is 320 g/mol. The summed E-state index contributed by atoms with van der Waals surface area (Å²) in [6.07, 6.45) is 1.64. The topological polar surface area (TPSA) is 52.9 Å². The largest absolute Gasteiger partial charge is 0.363 e. The zero-order valence-corrected chi connectivity index (χ0v) is 14.2. The lowest BCUT2D eigenvalue weighted by Crippen LogP contribution is -2.41. The molecule has 5 heteroatoms. The molecule has 1 amide bonds. The molecule has 0 aromatic heterocycles. The van der Waals surface area contributed by atoms with E-state index >= 15 is 0 Å². The van der Waals surface area contributed by atoms with Crippen molar-refractivity contribution in [1.29, 1.82) is 0 Å². The second-order valence-corrected chi connectivity index (χ2v) is 7.25. The van der Waals surface area contributed by atoms with Crippen LogP contribution in [-0.2, 0) is 16.9 Å². The second-order valence-electron chi connectivity index (χ2n) is 6.09. The Kier molecular flexibility index (Phi) is 3.70. The molecule has 0 fully saturated rings. The van der Waals surface area contributed by atoms with Crippen molar-refractivity contribution in [2.45, 2.75) is 30.9 Å². The maximum Gasteiger partial charge on any atom is 0.225 e. The number of carbonyl (C=O) groups excluding carboxylic acids is 1. The van der Waals surface area contributed by atoms with Crippen LogP contribution in [0, 0.1) is 0 Å². The summed E-state index contributed by atoms with van der Waals surface area (Å²) >= 11 is 1.50. The molecule has 0 saturated heterocycles. The molecule has 2 heterocycles. The van der Waals surface area contributed by atoms with E-state index in [9.17, 15) is 9.90 Å². The first kappa shape index (κ1) is 15.4.